The number of benzene rings is 1. The van der Waals surface area contributed by atoms with Gasteiger partial charge in [-0.25, -0.2) is 4.98 Å². The van der Waals surface area contributed by atoms with E-state index in [1.165, 1.54) is 19.1 Å². The summed E-state index contributed by atoms with van der Waals surface area (Å²) in [5, 5.41) is 10.2. The van der Waals surface area contributed by atoms with E-state index in [9.17, 15) is 27.9 Å². The van der Waals surface area contributed by atoms with E-state index in [4.69, 9.17) is 0 Å². The average molecular weight is 502 g/mol. The first kappa shape index (κ1) is 25.7. The Morgan fingerprint density at radius 2 is 1.92 bits per heavy atom. The number of carbonyl (C=O) groups is 2. The summed E-state index contributed by atoms with van der Waals surface area (Å²) in [5.74, 6) is -0.944. The average Bonchev–Trinajstić information content (AvgIpc) is 3.12. The van der Waals surface area contributed by atoms with E-state index in [0.29, 0.717) is 43.6 Å². The van der Waals surface area contributed by atoms with Crippen molar-refractivity contribution in [2.75, 3.05) is 6.54 Å². The van der Waals surface area contributed by atoms with Crippen molar-refractivity contribution in [3.05, 3.63) is 64.5 Å². The molecular formula is C27H30F3N3O3. The number of carboxylic acid groups (broad SMARTS) is 1. The van der Waals surface area contributed by atoms with Crippen LogP contribution in [0.2, 0.25) is 0 Å². The summed E-state index contributed by atoms with van der Waals surface area (Å²) >= 11 is 0. The summed E-state index contributed by atoms with van der Waals surface area (Å²) in [5.41, 5.74) is 1.77. The monoisotopic (exact) mass is 501 g/mol. The van der Waals surface area contributed by atoms with Crippen LogP contribution in [0.15, 0.2) is 36.5 Å². The second-order valence-electron chi connectivity index (χ2n) is 10.1. The minimum atomic E-state index is -4.44. The van der Waals surface area contributed by atoms with Crippen molar-refractivity contribution in [2.24, 2.45) is 5.41 Å². The Morgan fingerprint density at radius 1 is 1.17 bits per heavy atom. The summed E-state index contributed by atoms with van der Waals surface area (Å²) < 4.78 is 42.4. The zero-order valence-electron chi connectivity index (χ0n) is 20.7. The Morgan fingerprint density at radius 3 is 2.61 bits per heavy atom. The normalized spacial score (nSPS) is 14.2. The fourth-order valence-corrected chi connectivity index (χ4v) is 4.85. The van der Waals surface area contributed by atoms with Crippen LogP contribution in [0.25, 0.3) is 11.0 Å². The van der Waals surface area contributed by atoms with Gasteiger partial charge in [-0.15, -0.1) is 0 Å². The summed E-state index contributed by atoms with van der Waals surface area (Å²) in [6.45, 7) is 5.82. The van der Waals surface area contributed by atoms with Gasteiger partial charge in [0.05, 0.1) is 17.5 Å². The lowest BCUT2D eigenvalue weighted by atomic mass is 9.87. The first-order valence-electron chi connectivity index (χ1n) is 12.0. The van der Waals surface area contributed by atoms with Crippen LogP contribution in [0, 0.1) is 12.3 Å². The van der Waals surface area contributed by atoms with E-state index in [-0.39, 0.29) is 24.4 Å². The van der Waals surface area contributed by atoms with Crippen molar-refractivity contribution in [3.8, 4) is 0 Å². The molecule has 6 nitrogen and oxygen atoms in total. The number of rotatable bonds is 7. The maximum Gasteiger partial charge on any atom is 0.416 e. The number of halogens is 3. The Labute approximate surface area is 207 Å². The molecular weight excluding hydrogens is 471 g/mol. The minimum absolute atomic E-state index is 0.0544. The number of nitrogens with zero attached hydrogens (tertiary/aromatic N) is 3. The first-order valence-corrected chi connectivity index (χ1v) is 12.0. The van der Waals surface area contributed by atoms with Crippen LogP contribution >= 0.6 is 0 Å². The molecule has 0 radical (unpaired) electrons. The van der Waals surface area contributed by atoms with E-state index in [0.717, 1.165) is 16.6 Å². The highest BCUT2D eigenvalue weighted by atomic mass is 19.4. The van der Waals surface area contributed by atoms with Crippen molar-refractivity contribution in [1.29, 1.82) is 0 Å². The molecule has 3 aromatic rings. The van der Waals surface area contributed by atoms with Crippen molar-refractivity contribution in [2.45, 2.75) is 65.7 Å². The highest BCUT2D eigenvalue weighted by Gasteiger charge is 2.33. The van der Waals surface area contributed by atoms with Gasteiger partial charge >= 0.3 is 12.1 Å². The SMILES string of the molecule is Cc1ccc(Cn2c3c(c4cccnc42)CCN(C(=O)CCCC(C)(C)C(=O)O)C3)cc1C(F)(F)F. The van der Waals surface area contributed by atoms with Gasteiger partial charge in [0.25, 0.3) is 0 Å². The molecule has 1 aliphatic rings. The molecule has 9 heteroatoms. The number of carboxylic acids is 1. The maximum atomic E-state index is 13.5. The number of aliphatic carboxylic acids is 1. The molecule has 0 fully saturated rings. The lowest BCUT2D eigenvalue weighted by Crippen LogP contribution is -2.36. The number of hydrogen-bond acceptors (Lipinski definition) is 3. The van der Waals surface area contributed by atoms with Crippen LogP contribution in [-0.4, -0.2) is 38.0 Å². The van der Waals surface area contributed by atoms with Crippen molar-refractivity contribution in [3.63, 3.8) is 0 Å². The van der Waals surface area contributed by atoms with Crippen LogP contribution in [0.5, 0.6) is 0 Å². The van der Waals surface area contributed by atoms with Gasteiger partial charge in [-0.1, -0.05) is 12.1 Å². The number of aromatic nitrogens is 2. The third-order valence-corrected chi connectivity index (χ3v) is 7.09. The molecule has 0 atom stereocenters. The van der Waals surface area contributed by atoms with Crippen molar-refractivity contribution < 1.29 is 27.9 Å². The number of pyridine rings is 1. The zero-order valence-corrected chi connectivity index (χ0v) is 20.7. The molecule has 192 valence electrons. The predicted octanol–water partition coefficient (Wildman–Crippen LogP) is 5.58. The lowest BCUT2D eigenvalue weighted by molar-refractivity contribution is -0.147. The molecule has 0 saturated heterocycles. The largest absolute Gasteiger partial charge is 0.481 e. The Hall–Kier alpha value is -3.36. The standard InChI is InChI=1S/C27H30F3N3O3/c1-17-8-9-18(14-21(17)27(28,29)30)15-33-22-16-32(23(34)7-4-11-26(2,3)25(35)36)13-10-19(22)20-6-5-12-31-24(20)33/h5-6,8-9,12,14H,4,7,10-11,13,15-16H2,1-3H3,(H,35,36). The molecule has 2 aromatic heterocycles. The fraction of sp³-hybridized carbons (Fsp3) is 0.444. The maximum absolute atomic E-state index is 13.5. The summed E-state index contributed by atoms with van der Waals surface area (Å²) in [6, 6.07) is 8.16. The van der Waals surface area contributed by atoms with Crippen LogP contribution in [0.3, 0.4) is 0 Å². The molecule has 1 N–H and O–H groups in total. The molecule has 1 aliphatic heterocycles. The second kappa shape index (κ2) is 9.59. The van der Waals surface area contributed by atoms with Gasteiger partial charge in [0.1, 0.15) is 5.65 Å². The highest BCUT2D eigenvalue weighted by Crippen LogP contribution is 2.34. The number of fused-ring (bicyclic) bond motifs is 3. The molecule has 4 rings (SSSR count). The molecule has 36 heavy (non-hydrogen) atoms. The molecule has 0 unspecified atom stereocenters. The van der Waals surface area contributed by atoms with Crippen LogP contribution in [0.1, 0.15) is 61.1 Å². The van der Waals surface area contributed by atoms with Gasteiger partial charge in [0, 0.05) is 36.8 Å². The zero-order chi connectivity index (χ0) is 26.3. The first-order chi connectivity index (χ1) is 16.9. The Bertz CT molecular complexity index is 1310. The topological polar surface area (TPSA) is 75.4 Å². The summed E-state index contributed by atoms with van der Waals surface area (Å²) in [6.07, 6.45) is -1.04. The third-order valence-electron chi connectivity index (χ3n) is 7.09. The van der Waals surface area contributed by atoms with E-state index < -0.39 is 23.1 Å². The molecule has 1 amide bonds. The van der Waals surface area contributed by atoms with Crippen molar-refractivity contribution >= 4 is 22.9 Å². The number of alkyl halides is 3. The van der Waals surface area contributed by atoms with E-state index in [1.54, 1.807) is 31.0 Å². The molecule has 0 spiro atoms. The van der Waals surface area contributed by atoms with Gasteiger partial charge in [0.2, 0.25) is 5.91 Å². The summed E-state index contributed by atoms with van der Waals surface area (Å²) in [7, 11) is 0. The van der Waals surface area contributed by atoms with Gasteiger partial charge in [-0.3, -0.25) is 9.59 Å². The van der Waals surface area contributed by atoms with Gasteiger partial charge in [-0.05, 0) is 74.9 Å². The molecule has 1 aromatic carbocycles. The van der Waals surface area contributed by atoms with Gasteiger partial charge in [-0.2, -0.15) is 13.2 Å². The number of hydrogen-bond donors (Lipinski definition) is 1. The second-order valence-corrected chi connectivity index (χ2v) is 10.1. The molecule has 0 saturated carbocycles. The van der Waals surface area contributed by atoms with E-state index in [1.807, 2.05) is 16.7 Å². The minimum Gasteiger partial charge on any atom is -0.481 e. The Balaban J connectivity index is 1.60. The molecule has 3 heterocycles. The summed E-state index contributed by atoms with van der Waals surface area (Å²) in [4.78, 5) is 30.6. The highest BCUT2D eigenvalue weighted by molar-refractivity contribution is 5.84. The smallest absolute Gasteiger partial charge is 0.416 e. The Kier molecular flexibility index (Phi) is 6.86. The van der Waals surface area contributed by atoms with Crippen molar-refractivity contribution in [1.82, 2.24) is 14.5 Å². The van der Waals surface area contributed by atoms with Crippen LogP contribution in [-0.2, 0) is 35.3 Å². The quantitative estimate of drug-likeness (QED) is 0.459. The van der Waals surface area contributed by atoms with Crippen LogP contribution < -0.4 is 0 Å². The number of aryl methyl sites for hydroxylation is 1. The fourth-order valence-electron chi connectivity index (χ4n) is 4.85. The molecule has 0 bridgehead atoms. The van der Waals surface area contributed by atoms with Gasteiger partial charge < -0.3 is 14.6 Å². The number of carbonyl (C=O) groups excluding carboxylic acids is 1. The number of amides is 1. The van der Waals surface area contributed by atoms with Gasteiger partial charge in [0.15, 0.2) is 0 Å². The third kappa shape index (κ3) is 5.10. The predicted molar refractivity (Wildman–Crippen MR) is 129 cm³/mol. The van der Waals surface area contributed by atoms with Crippen LogP contribution in [0.4, 0.5) is 13.2 Å². The van der Waals surface area contributed by atoms with E-state index in [2.05, 4.69) is 4.98 Å². The molecule has 0 aliphatic carbocycles. The van der Waals surface area contributed by atoms with E-state index >= 15 is 0 Å². The lowest BCUT2D eigenvalue weighted by Gasteiger charge is -2.29.